The van der Waals surface area contributed by atoms with Crippen LogP contribution in [-0.4, -0.2) is 4.98 Å². The van der Waals surface area contributed by atoms with Crippen molar-refractivity contribution in [3.8, 4) is 10.6 Å². The Morgan fingerprint density at radius 2 is 2.19 bits per heavy atom. The van der Waals surface area contributed by atoms with Crippen molar-refractivity contribution in [1.29, 1.82) is 0 Å². The Bertz CT molecular complexity index is 443. The Kier molecular flexibility index (Phi) is 3.12. The zero-order chi connectivity index (χ0) is 11.6. The number of aromatic nitrogens is 1. The van der Waals surface area contributed by atoms with Gasteiger partial charge in [-0.15, -0.1) is 11.3 Å². The van der Waals surface area contributed by atoms with Crippen molar-refractivity contribution in [2.45, 2.75) is 32.2 Å². The number of nitrogens with two attached hydrogens (primary N) is 1. The van der Waals surface area contributed by atoms with Crippen molar-refractivity contribution in [3.05, 3.63) is 29.7 Å². The Morgan fingerprint density at radius 3 is 2.75 bits per heavy atom. The summed E-state index contributed by atoms with van der Waals surface area (Å²) >= 11 is 1.61. The van der Waals surface area contributed by atoms with E-state index >= 15 is 0 Å². The maximum Gasteiger partial charge on any atom is 0.126 e. The summed E-state index contributed by atoms with van der Waals surface area (Å²) < 4.78 is 5.05. The smallest absolute Gasteiger partial charge is 0.126 e. The summed E-state index contributed by atoms with van der Waals surface area (Å²) in [6, 6.07) is 1.92. The van der Waals surface area contributed by atoms with E-state index in [1.165, 1.54) is 0 Å². The van der Waals surface area contributed by atoms with E-state index in [9.17, 15) is 0 Å². The Balaban J connectivity index is 2.33. The molecule has 0 atom stereocenters. The van der Waals surface area contributed by atoms with Crippen LogP contribution in [-0.2, 0) is 5.54 Å². The van der Waals surface area contributed by atoms with E-state index in [0.29, 0.717) is 0 Å². The standard InChI is InChI=1S/C12H16N2OS/c1-3-12(13,4-2)10-8-16-11(14-10)9-5-6-15-7-9/h5-8H,3-4,13H2,1-2H3. The molecule has 0 saturated carbocycles. The first-order valence-corrected chi connectivity index (χ1v) is 6.35. The fourth-order valence-electron chi connectivity index (χ4n) is 1.63. The minimum absolute atomic E-state index is 0.293. The van der Waals surface area contributed by atoms with Crippen molar-refractivity contribution >= 4 is 11.3 Å². The normalized spacial score (nSPS) is 11.9. The average molecular weight is 236 g/mol. The summed E-state index contributed by atoms with van der Waals surface area (Å²) in [5, 5.41) is 3.02. The summed E-state index contributed by atoms with van der Waals surface area (Å²) in [5.41, 5.74) is 8.02. The van der Waals surface area contributed by atoms with Crippen molar-refractivity contribution < 1.29 is 4.42 Å². The van der Waals surface area contributed by atoms with E-state index in [-0.39, 0.29) is 5.54 Å². The molecule has 0 bridgehead atoms. The van der Waals surface area contributed by atoms with Gasteiger partial charge in [-0.2, -0.15) is 0 Å². The summed E-state index contributed by atoms with van der Waals surface area (Å²) in [4.78, 5) is 4.60. The first-order chi connectivity index (χ1) is 7.69. The molecule has 16 heavy (non-hydrogen) atoms. The second-order valence-corrected chi connectivity index (χ2v) is 4.77. The predicted octanol–water partition coefficient (Wildman–Crippen LogP) is 3.38. The minimum Gasteiger partial charge on any atom is -0.472 e. The summed E-state index contributed by atoms with van der Waals surface area (Å²) in [7, 11) is 0. The monoisotopic (exact) mass is 236 g/mol. The predicted molar refractivity (Wildman–Crippen MR) is 66.3 cm³/mol. The van der Waals surface area contributed by atoms with Gasteiger partial charge >= 0.3 is 0 Å². The highest BCUT2D eigenvalue weighted by molar-refractivity contribution is 7.13. The second-order valence-electron chi connectivity index (χ2n) is 3.91. The Hall–Kier alpha value is -1.13. The van der Waals surface area contributed by atoms with Crippen LogP contribution in [0.4, 0.5) is 0 Å². The summed E-state index contributed by atoms with van der Waals surface area (Å²) in [5.74, 6) is 0. The fourth-order valence-corrected chi connectivity index (χ4v) is 2.55. The van der Waals surface area contributed by atoms with Crippen molar-refractivity contribution in [2.24, 2.45) is 5.73 Å². The van der Waals surface area contributed by atoms with Gasteiger partial charge in [0.2, 0.25) is 0 Å². The molecule has 4 heteroatoms. The quantitative estimate of drug-likeness (QED) is 0.885. The molecule has 0 radical (unpaired) electrons. The molecule has 0 spiro atoms. The average Bonchev–Trinajstić information content (AvgIpc) is 2.97. The van der Waals surface area contributed by atoms with Crippen LogP contribution in [0.3, 0.4) is 0 Å². The van der Waals surface area contributed by atoms with E-state index in [1.807, 2.05) is 6.07 Å². The fraction of sp³-hybridized carbons (Fsp3) is 0.417. The van der Waals surface area contributed by atoms with Crippen LogP contribution in [0.2, 0.25) is 0 Å². The van der Waals surface area contributed by atoms with E-state index in [4.69, 9.17) is 10.2 Å². The van der Waals surface area contributed by atoms with Gasteiger partial charge in [0.05, 0.1) is 17.5 Å². The molecule has 2 N–H and O–H groups in total. The number of hydrogen-bond acceptors (Lipinski definition) is 4. The SMILES string of the molecule is CCC(N)(CC)c1csc(-c2ccoc2)n1. The largest absolute Gasteiger partial charge is 0.472 e. The lowest BCUT2D eigenvalue weighted by Gasteiger charge is -2.24. The summed E-state index contributed by atoms with van der Waals surface area (Å²) in [6.07, 6.45) is 5.17. The molecule has 0 aliphatic rings. The molecule has 2 aromatic heterocycles. The van der Waals surface area contributed by atoms with Gasteiger partial charge in [0.1, 0.15) is 11.3 Å². The lowest BCUT2D eigenvalue weighted by atomic mass is 9.91. The maximum atomic E-state index is 6.31. The first kappa shape index (κ1) is 11.4. The molecular formula is C12H16N2OS. The highest BCUT2D eigenvalue weighted by Crippen LogP contribution is 2.31. The number of thiazole rings is 1. The zero-order valence-corrected chi connectivity index (χ0v) is 10.4. The Morgan fingerprint density at radius 1 is 1.44 bits per heavy atom. The van der Waals surface area contributed by atoms with Crippen LogP contribution in [0.15, 0.2) is 28.4 Å². The van der Waals surface area contributed by atoms with Gasteiger partial charge in [0, 0.05) is 10.9 Å². The van der Waals surface area contributed by atoms with E-state index < -0.39 is 0 Å². The van der Waals surface area contributed by atoms with Gasteiger partial charge in [-0.25, -0.2) is 4.98 Å². The lowest BCUT2D eigenvalue weighted by Crippen LogP contribution is -2.35. The third kappa shape index (κ3) is 1.90. The molecule has 3 nitrogen and oxygen atoms in total. The van der Waals surface area contributed by atoms with E-state index in [1.54, 1.807) is 23.9 Å². The molecule has 0 saturated heterocycles. The van der Waals surface area contributed by atoms with E-state index in [0.717, 1.165) is 29.1 Å². The number of furan rings is 1. The van der Waals surface area contributed by atoms with Crippen molar-refractivity contribution in [2.75, 3.05) is 0 Å². The molecule has 0 fully saturated rings. The van der Waals surface area contributed by atoms with Gasteiger partial charge < -0.3 is 10.2 Å². The highest BCUT2D eigenvalue weighted by atomic mass is 32.1. The second kappa shape index (κ2) is 4.39. The number of rotatable bonds is 4. The third-order valence-electron chi connectivity index (χ3n) is 3.04. The number of hydrogen-bond donors (Lipinski definition) is 1. The molecule has 0 aromatic carbocycles. The molecule has 0 unspecified atom stereocenters. The van der Waals surface area contributed by atoms with Gasteiger partial charge in [0.25, 0.3) is 0 Å². The molecule has 2 heterocycles. The highest BCUT2D eigenvalue weighted by Gasteiger charge is 2.26. The van der Waals surface area contributed by atoms with Crippen molar-refractivity contribution in [1.82, 2.24) is 4.98 Å². The van der Waals surface area contributed by atoms with Gasteiger partial charge in [-0.1, -0.05) is 13.8 Å². The van der Waals surface area contributed by atoms with Crippen LogP contribution in [0, 0.1) is 0 Å². The summed E-state index contributed by atoms with van der Waals surface area (Å²) in [6.45, 7) is 4.20. The van der Waals surface area contributed by atoms with Crippen molar-refractivity contribution in [3.63, 3.8) is 0 Å². The third-order valence-corrected chi connectivity index (χ3v) is 3.94. The van der Waals surface area contributed by atoms with Crippen LogP contribution in [0.5, 0.6) is 0 Å². The first-order valence-electron chi connectivity index (χ1n) is 5.47. The topological polar surface area (TPSA) is 52.0 Å². The van der Waals surface area contributed by atoms with Gasteiger partial charge in [0.15, 0.2) is 0 Å². The molecule has 2 aromatic rings. The minimum atomic E-state index is -0.293. The van der Waals surface area contributed by atoms with E-state index in [2.05, 4.69) is 24.2 Å². The van der Waals surface area contributed by atoms with Crippen LogP contribution in [0.1, 0.15) is 32.4 Å². The van der Waals surface area contributed by atoms with Crippen LogP contribution < -0.4 is 5.73 Å². The Labute approximate surface area is 99.3 Å². The van der Waals surface area contributed by atoms with Crippen LogP contribution >= 0.6 is 11.3 Å². The number of nitrogens with zero attached hydrogens (tertiary/aromatic N) is 1. The molecule has 0 aliphatic carbocycles. The molecule has 86 valence electrons. The molecule has 0 amide bonds. The molecule has 0 aliphatic heterocycles. The lowest BCUT2D eigenvalue weighted by molar-refractivity contribution is 0.403. The van der Waals surface area contributed by atoms with Crippen LogP contribution in [0.25, 0.3) is 10.6 Å². The van der Waals surface area contributed by atoms with Gasteiger partial charge in [-0.3, -0.25) is 0 Å². The molecule has 2 rings (SSSR count). The zero-order valence-electron chi connectivity index (χ0n) is 9.56. The maximum absolute atomic E-state index is 6.31. The van der Waals surface area contributed by atoms with Gasteiger partial charge in [-0.05, 0) is 18.9 Å². The molecular weight excluding hydrogens is 220 g/mol.